The van der Waals surface area contributed by atoms with E-state index in [0.29, 0.717) is 34.1 Å². The predicted octanol–water partition coefficient (Wildman–Crippen LogP) is 4.48. The van der Waals surface area contributed by atoms with E-state index in [-0.39, 0.29) is 36.6 Å². The Morgan fingerprint density at radius 3 is 2.52 bits per heavy atom. The van der Waals surface area contributed by atoms with Gasteiger partial charge in [-0.15, -0.1) is 0 Å². The molecule has 0 radical (unpaired) electrons. The van der Waals surface area contributed by atoms with E-state index in [2.05, 4.69) is 0 Å². The number of hydrogen-bond donors (Lipinski definition) is 0. The van der Waals surface area contributed by atoms with Crippen molar-refractivity contribution in [3.05, 3.63) is 82.6 Å². The van der Waals surface area contributed by atoms with E-state index in [1.54, 1.807) is 25.3 Å². The van der Waals surface area contributed by atoms with Crippen LogP contribution in [0, 0.1) is 0 Å². The van der Waals surface area contributed by atoms with Crippen LogP contribution >= 0.6 is 0 Å². The summed E-state index contributed by atoms with van der Waals surface area (Å²) in [5.74, 6) is 2.13. The highest BCUT2D eigenvalue weighted by molar-refractivity contribution is 6.15. The first-order valence-corrected chi connectivity index (χ1v) is 10.5. The number of hydrogen-bond acceptors (Lipinski definition) is 7. The smallest absolute Gasteiger partial charge is 0.312 e. The Balaban J connectivity index is 1.42. The van der Waals surface area contributed by atoms with E-state index in [4.69, 9.17) is 23.7 Å². The van der Waals surface area contributed by atoms with Gasteiger partial charge in [0.2, 0.25) is 12.6 Å². The molecule has 3 heterocycles. The van der Waals surface area contributed by atoms with E-state index < -0.39 is 0 Å². The molecule has 0 aliphatic carbocycles. The van der Waals surface area contributed by atoms with Crippen LogP contribution in [0.4, 0.5) is 0 Å². The molecule has 0 saturated heterocycles. The van der Waals surface area contributed by atoms with Crippen molar-refractivity contribution in [1.82, 2.24) is 0 Å². The van der Waals surface area contributed by atoms with Crippen LogP contribution in [0.3, 0.4) is 0 Å². The van der Waals surface area contributed by atoms with Gasteiger partial charge in [-0.25, -0.2) is 0 Å². The average Bonchev–Trinajstić information content (AvgIpc) is 3.43. The second kappa shape index (κ2) is 7.41. The number of ketones is 1. The van der Waals surface area contributed by atoms with Crippen molar-refractivity contribution in [3.63, 3.8) is 0 Å². The quantitative estimate of drug-likeness (QED) is 0.336. The Morgan fingerprint density at radius 1 is 0.909 bits per heavy atom. The van der Waals surface area contributed by atoms with Crippen LogP contribution in [0.5, 0.6) is 28.7 Å². The molecular formula is C26H18O7. The lowest BCUT2D eigenvalue weighted by molar-refractivity contribution is -0.135. The van der Waals surface area contributed by atoms with Crippen molar-refractivity contribution in [3.8, 4) is 28.7 Å². The van der Waals surface area contributed by atoms with Gasteiger partial charge in [0.15, 0.2) is 17.3 Å². The second-order valence-electron chi connectivity index (χ2n) is 7.91. The molecule has 0 fully saturated rings. The van der Waals surface area contributed by atoms with Crippen LogP contribution in [-0.2, 0) is 4.79 Å². The molecule has 3 aliphatic heterocycles. The number of esters is 1. The van der Waals surface area contributed by atoms with Gasteiger partial charge in [0.1, 0.15) is 17.2 Å². The molecule has 6 rings (SSSR count). The van der Waals surface area contributed by atoms with Crippen molar-refractivity contribution < 1.29 is 33.3 Å². The minimum Gasteiger partial charge on any atom is -0.497 e. The van der Waals surface area contributed by atoms with E-state index in [0.717, 1.165) is 16.9 Å². The third kappa shape index (κ3) is 3.20. The first kappa shape index (κ1) is 19.4. The topological polar surface area (TPSA) is 80.3 Å². The van der Waals surface area contributed by atoms with Gasteiger partial charge in [-0.2, -0.15) is 0 Å². The molecule has 0 N–H and O–H groups in total. The second-order valence-corrected chi connectivity index (χ2v) is 7.91. The molecule has 1 atom stereocenters. The van der Waals surface area contributed by atoms with Gasteiger partial charge in [-0.3, -0.25) is 9.59 Å². The van der Waals surface area contributed by atoms with Crippen molar-refractivity contribution in [2.75, 3.05) is 13.9 Å². The molecule has 3 aromatic carbocycles. The van der Waals surface area contributed by atoms with Crippen molar-refractivity contribution in [1.29, 1.82) is 0 Å². The van der Waals surface area contributed by atoms with Crippen LogP contribution in [0.1, 0.15) is 39.4 Å². The molecule has 7 heteroatoms. The Hall–Kier alpha value is -4.26. The zero-order chi connectivity index (χ0) is 22.5. The van der Waals surface area contributed by atoms with Crippen LogP contribution in [0.2, 0.25) is 0 Å². The van der Waals surface area contributed by atoms with E-state index in [1.807, 2.05) is 42.5 Å². The molecule has 0 saturated carbocycles. The zero-order valence-electron chi connectivity index (χ0n) is 17.6. The summed E-state index contributed by atoms with van der Waals surface area (Å²) in [5, 5.41) is 0. The van der Waals surface area contributed by atoms with Crippen LogP contribution in [0.15, 0.2) is 60.4 Å². The third-order valence-corrected chi connectivity index (χ3v) is 5.99. The fraction of sp³-hybridized carbons (Fsp3) is 0.154. The number of benzene rings is 3. The Kier molecular flexibility index (Phi) is 4.36. The number of rotatable bonds is 3. The zero-order valence-corrected chi connectivity index (χ0v) is 17.6. The number of fused-ring (bicyclic) bond motifs is 4. The van der Waals surface area contributed by atoms with Crippen molar-refractivity contribution in [2.45, 2.75) is 12.3 Å². The highest BCUT2D eigenvalue weighted by atomic mass is 16.7. The van der Waals surface area contributed by atoms with Crippen molar-refractivity contribution >= 4 is 17.8 Å². The Labute approximate surface area is 189 Å². The molecule has 0 spiro atoms. The van der Waals surface area contributed by atoms with E-state index in [1.165, 1.54) is 0 Å². The highest BCUT2D eigenvalue weighted by Crippen LogP contribution is 2.50. The summed E-state index contributed by atoms with van der Waals surface area (Å²) >= 11 is 0. The highest BCUT2D eigenvalue weighted by Gasteiger charge is 2.38. The van der Waals surface area contributed by atoms with Crippen LogP contribution in [0.25, 0.3) is 6.08 Å². The van der Waals surface area contributed by atoms with Crippen LogP contribution < -0.4 is 23.7 Å². The third-order valence-electron chi connectivity index (χ3n) is 5.99. The molecule has 3 aliphatic rings. The summed E-state index contributed by atoms with van der Waals surface area (Å²) < 4.78 is 27.7. The molecular weight excluding hydrogens is 424 g/mol. The normalized spacial score (nSPS) is 19.1. The maximum Gasteiger partial charge on any atom is 0.312 e. The summed E-state index contributed by atoms with van der Waals surface area (Å²) in [4.78, 5) is 25.5. The van der Waals surface area contributed by atoms with Gasteiger partial charge in [0, 0.05) is 11.5 Å². The molecule has 7 nitrogen and oxygen atoms in total. The fourth-order valence-corrected chi connectivity index (χ4v) is 4.37. The average molecular weight is 442 g/mol. The lowest BCUT2D eigenvalue weighted by Gasteiger charge is -2.26. The molecule has 0 bridgehead atoms. The molecule has 0 aromatic heterocycles. The van der Waals surface area contributed by atoms with Gasteiger partial charge in [0.05, 0.1) is 19.1 Å². The number of ether oxygens (including phenoxy) is 5. The summed E-state index contributed by atoms with van der Waals surface area (Å²) in [6.45, 7) is 0.161. The lowest BCUT2D eigenvalue weighted by Crippen LogP contribution is -2.21. The first-order valence-electron chi connectivity index (χ1n) is 10.5. The molecule has 3 aromatic rings. The Bertz CT molecular complexity index is 1340. The van der Waals surface area contributed by atoms with E-state index in [9.17, 15) is 9.59 Å². The maximum absolute atomic E-state index is 13.1. The van der Waals surface area contributed by atoms with Crippen LogP contribution in [-0.4, -0.2) is 25.7 Å². The van der Waals surface area contributed by atoms with Gasteiger partial charge < -0.3 is 23.7 Å². The first-order chi connectivity index (χ1) is 16.1. The largest absolute Gasteiger partial charge is 0.497 e. The van der Waals surface area contributed by atoms with Gasteiger partial charge >= 0.3 is 5.97 Å². The summed E-state index contributed by atoms with van der Waals surface area (Å²) in [6, 6.07) is 16.2. The summed E-state index contributed by atoms with van der Waals surface area (Å²) in [6.07, 6.45) is 1.82. The van der Waals surface area contributed by atoms with Crippen molar-refractivity contribution in [2.24, 2.45) is 0 Å². The molecule has 0 amide bonds. The maximum atomic E-state index is 13.1. The minimum absolute atomic E-state index is 0.123. The summed E-state index contributed by atoms with van der Waals surface area (Å²) in [5.41, 5.74) is 2.78. The molecule has 164 valence electrons. The number of allylic oxidation sites excluding steroid dienone is 1. The Morgan fingerprint density at radius 2 is 1.70 bits per heavy atom. The number of methoxy groups -OCH3 is 1. The number of Topliss-reactive ketones (excluding diaryl/α,β-unsaturated/α-hetero) is 1. The monoisotopic (exact) mass is 442 g/mol. The summed E-state index contributed by atoms with van der Waals surface area (Å²) in [7, 11) is 1.60. The van der Waals surface area contributed by atoms with Gasteiger partial charge in [-0.05, 0) is 53.6 Å². The predicted molar refractivity (Wildman–Crippen MR) is 117 cm³/mol. The SMILES string of the molecule is COc1ccc(/C=C2\Oc3c(ccc4c3[C@@H](c3ccc5c(c3)OCO5)CC(=O)O4)C2=O)cc1. The number of carbonyl (C=O) groups is 2. The number of carbonyl (C=O) groups excluding carboxylic acids is 2. The lowest BCUT2D eigenvalue weighted by atomic mass is 9.84. The van der Waals surface area contributed by atoms with Gasteiger partial charge in [-0.1, -0.05) is 18.2 Å². The standard InChI is InChI=1S/C26H18O7/c1-29-16-5-2-14(3-6-16)10-22-25(28)17-7-9-20-24(26(17)33-22)18(12-23(27)32-20)15-4-8-19-21(11-15)31-13-30-19/h2-11,18H,12-13H2,1H3/b22-10-/t18-/m1/s1. The van der Waals surface area contributed by atoms with Gasteiger partial charge in [0.25, 0.3) is 0 Å². The fourth-order valence-electron chi connectivity index (χ4n) is 4.37. The van der Waals surface area contributed by atoms with E-state index >= 15 is 0 Å². The molecule has 33 heavy (non-hydrogen) atoms. The molecule has 0 unspecified atom stereocenters. The minimum atomic E-state index is -0.348.